The molecule has 1 rings (SSSR count). The number of aromatic nitrogens is 3. The Morgan fingerprint density at radius 3 is 1.55 bits per heavy atom. The summed E-state index contributed by atoms with van der Waals surface area (Å²) in [6, 6.07) is 0. The molecule has 0 bridgehead atoms. The molecule has 0 N–H and O–H groups in total. The fourth-order valence-electron chi connectivity index (χ4n) is 1.89. The predicted octanol–water partition coefficient (Wildman–Crippen LogP) is 5.16. The van der Waals surface area contributed by atoms with Gasteiger partial charge in [0.15, 0.2) is 5.82 Å². The summed E-state index contributed by atoms with van der Waals surface area (Å²) in [5, 5.41) is 0. The van der Waals surface area contributed by atoms with E-state index in [9.17, 15) is 0 Å². The van der Waals surface area contributed by atoms with Crippen LogP contribution in [0.4, 0.5) is 0 Å². The van der Waals surface area contributed by atoms with Gasteiger partial charge in [-0.25, -0.2) is 15.0 Å². The second-order valence-electron chi connectivity index (χ2n) is 4.90. The lowest BCUT2D eigenvalue weighted by molar-refractivity contribution is 0.649. The quantitative estimate of drug-likeness (QED) is 0.485. The van der Waals surface area contributed by atoms with E-state index in [1.165, 1.54) is 0 Å². The molecule has 1 aromatic heterocycles. The van der Waals surface area contributed by atoms with Gasteiger partial charge in [0.1, 0.15) is 11.6 Å². The minimum atomic E-state index is -1.58. The standard InChI is InChI=1S/C14H22Cl3N3/c1-3-5-7-9-11-18-12(10-8-6-4-2)20-13(19-11)14(15,16)17/h3-10H2,1-2H3. The summed E-state index contributed by atoms with van der Waals surface area (Å²) < 4.78 is -1.58. The maximum atomic E-state index is 5.90. The maximum Gasteiger partial charge on any atom is 0.250 e. The van der Waals surface area contributed by atoms with Crippen LogP contribution >= 0.6 is 34.8 Å². The van der Waals surface area contributed by atoms with Gasteiger partial charge in [-0.05, 0) is 12.8 Å². The highest BCUT2D eigenvalue weighted by Gasteiger charge is 2.28. The van der Waals surface area contributed by atoms with Gasteiger partial charge in [-0.3, -0.25) is 0 Å². The van der Waals surface area contributed by atoms with Crippen LogP contribution in [0.25, 0.3) is 0 Å². The number of unbranched alkanes of at least 4 members (excludes halogenated alkanes) is 4. The summed E-state index contributed by atoms with van der Waals surface area (Å²) in [4.78, 5) is 13.1. The molecule has 0 fully saturated rings. The smallest absolute Gasteiger partial charge is 0.218 e. The maximum absolute atomic E-state index is 5.90. The van der Waals surface area contributed by atoms with Crippen LogP contribution in [0.15, 0.2) is 0 Å². The third-order valence-electron chi connectivity index (χ3n) is 2.99. The molecule has 1 heterocycles. The van der Waals surface area contributed by atoms with Gasteiger partial charge in [0.25, 0.3) is 0 Å². The monoisotopic (exact) mass is 337 g/mol. The lowest BCUT2D eigenvalue weighted by Gasteiger charge is -2.12. The van der Waals surface area contributed by atoms with Crippen LogP contribution in [0.5, 0.6) is 0 Å². The van der Waals surface area contributed by atoms with Crippen molar-refractivity contribution in [1.29, 1.82) is 0 Å². The number of rotatable bonds is 8. The fraction of sp³-hybridized carbons (Fsp3) is 0.786. The Hall–Kier alpha value is -0.120. The third-order valence-corrected chi connectivity index (χ3v) is 3.50. The van der Waals surface area contributed by atoms with E-state index in [2.05, 4.69) is 28.8 Å². The van der Waals surface area contributed by atoms with E-state index in [1.54, 1.807) is 0 Å². The normalized spacial score (nSPS) is 11.8. The highest BCUT2D eigenvalue weighted by Crippen LogP contribution is 2.35. The zero-order valence-corrected chi connectivity index (χ0v) is 14.4. The van der Waals surface area contributed by atoms with Gasteiger partial charge < -0.3 is 0 Å². The molecule has 1 aromatic rings. The minimum absolute atomic E-state index is 0.246. The van der Waals surface area contributed by atoms with Gasteiger partial charge in [-0.1, -0.05) is 74.3 Å². The first-order valence-corrected chi connectivity index (χ1v) is 8.41. The van der Waals surface area contributed by atoms with Gasteiger partial charge in [-0.15, -0.1) is 0 Å². The van der Waals surface area contributed by atoms with E-state index in [0.29, 0.717) is 0 Å². The first-order chi connectivity index (χ1) is 9.47. The van der Waals surface area contributed by atoms with Crippen LogP contribution in [0.2, 0.25) is 0 Å². The highest BCUT2D eigenvalue weighted by molar-refractivity contribution is 6.66. The van der Waals surface area contributed by atoms with Gasteiger partial charge in [0.05, 0.1) is 0 Å². The van der Waals surface area contributed by atoms with E-state index in [4.69, 9.17) is 34.8 Å². The Morgan fingerprint density at radius 1 is 0.750 bits per heavy atom. The van der Waals surface area contributed by atoms with E-state index < -0.39 is 3.79 Å². The number of hydrogen-bond donors (Lipinski definition) is 0. The molecule has 0 aliphatic carbocycles. The Labute approximate surface area is 136 Å². The molecule has 0 saturated heterocycles. The predicted molar refractivity (Wildman–Crippen MR) is 85.5 cm³/mol. The number of nitrogens with zero attached hydrogens (tertiary/aromatic N) is 3. The molecule has 0 unspecified atom stereocenters. The lowest BCUT2D eigenvalue weighted by atomic mass is 10.2. The summed E-state index contributed by atoms with van der Waals surface area (Å²) in [6.45, 7) is 4.33. The summed E-state index contributed by atoms with van der Waals surface area (Å²) in [6.07, 6.45) is 8.34. The first-order valence-electron chi connectivity index (χ1n) is 7.28. The molecule has 0 aliphatic heterocycles. The molecule has 0 aliphatic rings. The number of alkyl halides is 3. The van der Waals surface area contributed by atoms with Crippen molar-refractivity contribution in [3.8, 4) is 0 Å². The second kappa shape index (κ2) is 9.01. The van der Waals surface area contributed by atoms with Gasteiger partial charge in [-0.2, -0.15) is 0 Å². The average Bonchev–Trinajstić information content (AvgIpc) is 2.38. The molecule has 0 saturated carbocycles. The molecule has 0 aromatic carbocycles. The van der Waals surface area contributed by atoms with Crippen LogP contribution in [0, 0.1) is 0 Å². The van der Waals surface area contributed by atoms with Crippen LogP contribution in [0.1, 0.15) is 69.8 Å². The second-order valence-corrected chi connectivity index (χ2v) is 7.18. The van der Waals surface area contributed by atoms with Crippen LogP contribution in [-0.4, -0.2) is 15.0 Å². The molecular formula is C14H22Cl3N3. The lowest BCUT2D eigenvalue weighted by Crippen LogP contribution is -2.14. The summed E-state index contributed by atoms with van der Waals surface area (Å²) >= 11 is 17.7. The minimum Gasteiger partial charge on any atom is -0.218 e. The van der Waals surface area contributed by atoms with Crippen LogP contribution in [-0.2, 0) is 16.6 Å². The summed E-state index contributed by atoms with van der Waals surface area (Å²) in [5.41, 5.74) is 0. The van der Waals surface area contributed by atoms with Gasteiger partial charge >= 0.3 is 0 Å². The largest absolute Gasteiger partial charge is 0.250 e. The van der Waals surface area contributed by atoms with Crippen molar-refractivity contribution >= 4 is 34.8 Å². The van der Waals surface area contributed by atoms with Crippen LogP contribution < -0.4 is 0 Å². The van der Waals surface area contributed by atoms with Crippen molar-refractivity contribution in [3.05, 3.63) is 17.5 Å². The molecular weight excluding hydrogens is 317 g/mol. The number of hydrogen-bond acceptors (Lipinski definition) is 3. The van der Waals surface area contributed by atoms with Crippen molar-refractivity contribution in [2.45, 2.75) is 69.0 Å². The van der Waals surface area contributed by atoms with E-state index in [0.717, 1.165) is 63.0 Å². The Balaban J connectivity index is 2.84. The molecule has 6 heteroatoms. The number of aryl methyl sites for hydroxylation is 2. The first kappa shape index (κ1) is 17.9. The third kappa shape index (κ3) is 6.55. The molecule has 0 atom stereocenters. The summed E-state index contributed by atoms with van der Waals surface area (Å²) in [7, 11) is 0. The topological polar surface area (TPSA) is 38.7 Å². The molecule has 0 spiro atoms. The van der Waals surface area contributed by atoms with Gasteiger partial charge in [0.2, 0.25) is 3.79 Å². The Morgan fingerprint density at radius 2 is 1.20 bits per heavy atom. The molecule has 3 nitrogen and oxygen atoms in total. The van der Waals surface area contributed by atoms with Crippen molar-refractivity contribution in [2.24, 2.45) is 0 Å². The van der Waals surface area contributed by atoms with Crippen molar-refractivity contribution < 1.29 is 0 Å². The fourth-order valence-corrected chi connectivity index (χ4v) is 2.14. The van der Waals surface area contributed by atoms with E-state index >= 15 is 0 Å². The molecule has 20 heavy (non-hydrogen) atoms. The SMILES string of the molecule is CCCCCc1nc(CCCCC)nc(C(Cl)(Cl)Cl)n1. The Kier molecular flexibility index (Phi) is 8.08. The van der Waals surface area contributed by atoms with Crippen LogP contribution in [0.3, 0.4) is 0 Å². The number of halogens is 3. The Bertz CT molecular complexity index is 377. The van der Waals surface area contributed by atoms with Gasteiger partial charge in [0, 0.05) is 12.8 Å². The molecule has 0 amide bonds. The summed E-state index contributed by atoms with van der Waals surface area (Å²) in [5.74, 6) is 1.72. The zero-order valence-electron chi connectivity index (χ0n) is 12.1. The van der Waals surface area contributed by atoms with E-state index in [-0.39, 0.29) is 5.82 Å². The van der Waals surface area contributed by atoms with Crippen molar-refractivity contribution in [2.75, 3.05) is 0 Å². The van der Waals surface area contributed by atoms with Crippen molar-refractivity contribution in [3.63, 3.8) is 0 Å². The molecule has 0 radical (unpaired) electrons. The average molecular weight is 339 g/mol. The van der Waals surface area contributed by atoms with E-state index in [1.807, 2.05) is 0 Å². The zero-order chi connectivity index (χ0) is 15.0. The van der Waals surface area contributed by atoms with Crippen molar-refractivity contribution in [1.82, 2.24) is 15.0 Å². The molecule has 114 valence electrons. The highest BCUT2D eigenvalue weighted by atomic mass is 35.6.